The van der Waals surface area contributed by atoms with Crippen LogP contribution in [-0.4, -0.2) is 44.2 Å². The van der Waals surface area contributed by atoms with Crippen LogP contribution in [0.25, 0.3) is 17.2 Å². The van der Waals surface area contributed by atoms with Gasteiger partial charge in [0.2, 0.25) is 5.78 Å². The first kappa shape index (κ1) is 26.3. The molecule has 0 spiro atoms. The van der Waals surface area contributed by atoms with E-state index in [1.807, 2.05) is 41.8 Å². The van der Waals surface area contributed by atoms with Crippen molar-refractivity contribution in [2.75, 3.05) is 32.2 Å². The third-order valence-corrected chi connectivity index (χ3v) is 7.94. The molecule has 0 bridgehead atoms. The van der Waals surface area contributed by atoms with E-state index in [1.165, 1.54) is 16.9 Å². The molecule has 5 rings (SSSR count). The van der Waals surface area contributed by atoms with E-state index in [-0.39, 0.29) is 5.78 Å². The van der Waals surface area contributed by atoms with E-state index in [0.29, 0.717) is 27.5 Å². The molecule has 0 saturated carbocycles. The normalized spacial score (nSPS) is 13.2. The molecule has 1 fully saturated rings. The molecule has 7 heteroatoms. The van der Waals surface area contributed by atoms with Gasteiger partial charge in [0.25, 0.3) is 0 Å². The Labute approximate surface area is 231 Å². The highest BCUT2D eigenvalue weighted by molar-refractivity contribution is 7.12. The maximum absolute atomic E-state index is 13.8. The van der Waals surface area contributed by atoms with E-state index in [4.69, 9.17) is 14.6 Å². The number of ether oxygens (including phenoxy) is 2. The van der Waals surface area contributed by atoms with E-state index in [2.05, 4.69) is 23.1 Å². The molecule has 1 aliphatic rings. The minimum absolute atomic E-state index is 0.126. The smallest absolute Gasteiger partial charge is 0.335 e. The second-order valence-corrected chi connectivity index (χ2v) is 10.2. The molecule has 39 heavy (non-hydrogen) atoms. The molecule has 1 aliphatic heterocycles. The number of ketones is 1. The standard InChI is InChI=1S/C32H29NO5S/c1-37-27-8-5-9-28(38-2)29(27)30(34)31-26(16-19-39-31)25-7-4-3-6-23(25)20-21-14-17-33(18-15-21)24-12-10-22(11-13-24)32(35)36/h3-13,16,19-20H,14-15,17-18H2,1-2H3,(H,35,36). The number of rotatable bonds is 8. The second-order valence-electron chi connectivity index (χ2n) is 9.26. The minimum Gasteiger partial charge on any atom is -0.496 e. The summed E-state index contributed by atoms with van der Waals surface area (Å²) in [5.41, 5.74) is 6.07. The van der Waals surface area contributed by atoms with Crippen molar-refractivity contribution in [3.8, 4) is 22.6 Å². The first-order chi connectivity index (χ1) is 19.0. The Morgan fingerprint density at radius 1 is 0.846 bits per heavy atom. The summed E-state index contributed by atoms with van der Waals surface area (Å²) in [5.74, 6) is -0.0718. The number of piperidine rings is 1. The Kier molecular flexibility index (Phi) is 7.79. The molecule has 0 atom stereocenters. The van der Waals surface area contributed by atoms with Crippen molar-refractivity contribution in [2.24, 2.45) is 0 Å². The number of carboxylic acid groups (broad SMARTS) is 1. The van der Waals surface area contributed by atoms with Crippen LogP contribution in [0, 0.1) is 0 Å². The van der Waals surface area contributed by atoms with Gasteiger partial charge in [-0.25, -0.2) is 4.79 Å². The lowest BCUT2D eigenvalue weighted by Crippen LogP contribution is -2.30. The zero-order valence-corrected chi connectivity index (χ0v) is 22.7. The van der Waals surface area contributed by atoms with Gasteiger partial charge in [-0.2, -0.15) is 0 Å². The second kappa shape index (κ2) is 11.6. The van der Waals surface area contributed by atoms with Crippen molar-refractivity contribution in [3.63, 3.8) is 0 Å². The number of thiophene rings is 1. The Bertz CT molecular complexity index is 1500. The molecule has 3 aromatic carbocycles. The highest BCUT2D eigenvalue weighted by Crippen LogP contribution is 2.38. The summed E-state index contributed by atoms with van der Waals surface area (Å²) in [5, 5.41) is 11.1. The Hall–Kier alpha value is -4.36. The van der Waals surface area contributed by atoms with Crippen LogP contribution in [0.15, 0.2) is 83.7 Å². The molecule has 0 radical (unpaired) electrons. The average Bonchev–Trinajstić information content (AvgIpc) is 3.47. The van der Waals surface area contributed by atoms with E-state index < -0.39 is 5.97 Å². The van der Waals surface area contributed by atoms with Gasteiger partial charge >= 0.3 is 5.97 Å². The van der Waals surface area contributed by atoms with Gasteiger partial charge in [-0.05, 0) is 71.8 Å². The van der Waals surface area contributed by atoms with Crippen LogP contribution in [0.5, 0.6) is 11.5 Å². The Morgan fingerprint density at radius 2 is 1.51 bits per heavy atom. The molecule has 198 valence electrons. The third kappa shape index (κ3) is 5.45. The summed E-state index contributed by atoms with van der Waals surface area (Å²) in [7, 11) is 3.11. The summed E-state index contributed by atoms with van der Waals surface area (Å²) in [6.45, 7) is 1.71. The largest absolute Gasteiger partial charge is 0.496 e. The van der Waals surface area contributed by atoms with E-state index in [1.54, 1.807) is 38.5 Å². The van der Waals surface area contributed by atoms with Crippen LogP contribution >= 0.6 is 11.3 Å². The van der Waals surface area contributed by atoms with Gasteiger partial charge in [0.05, 0.1) is 24.7 Å². The lowest BCUT2D eigenvalue weighted by molar-refractivity contribution is 0.0696. The predicted octanol–water partition coefficient (Wildman–Crippen LogP) is 7.05. The van der Waals surface area contributed by atoms with Crippen LogP contribution in [0.1, 0.15) is 44.0 Å². The molecule has 0 aliphatic carbocycles. The first-order valence-electron chi connectivity index (χ1n) is 12.7. The van der Waals surface area contributed by atoms with E-state index in [0.717, 1.165) is 48.3 Å². The summed E-state index contributed by atoms with van der Waals surface area (Å²) in [6.07, 6.45) is 4.06. The van der Waals surface area contributed by atoms with Crippen LogP contribution < -0.4 is 14.4 Å². The van der Waals surface area contributed by atoms with Gasteiger partial charge in [-0.3, -0.25) is 4.79 Å². The zero-order chi connectivity index (χ0) is 27.4. The number of carbonyl (C=O) groups excluding carboxylic acids is 1. The van der Waals surface area contributed by atoms with Crippen LogP contribution in [0.4, 0.5) is 5.69 Å². The van der Waals surface area contributed by atoms with E-state index >= 15 is 0 Å². The van der Waals surface area contributed by atoms with E-state index in [9.17, 15) is 9.59 Å². The van der Waals surface area contributed by atoms with Gasteiger partial charge in [-0.1, -0.05) is 42.0 Å². The van der Waals surface area contributed by atoms with Crippen molar-refractivity contribution >= 4 is 34.9 Å². The summed E-state index contributed by atoms with van der Waals surface area (Å²) in [6, 6.07) is 22.6. The number of methoxy groups -OCH3 is 2. The van der Waals surface area contributed by atoms with Gasteiger partial charge in [0.1, 0.15) is 17.1 Å². The molecule has 2 heterocycles. The molecular weight excluding hydrogens is 510 g/mol. The summed E-state index contributed by atoms with van der Waals surface area (Å²) in [4.78, 5) is 27.9. The van der Waals surface area contributed by atoms with Crippen LogP contribution in [-0.2, 0) is 0 Å². The van der Waals surface area contributed by atoms with Gasteiger partial charge < -0.3 is 19.5 Å². The molecule has 6 nitrogen and oxygen atoms in total. The minimum atomic E-state index is -0.915. The van der Waals surface area contributed by atoms with Gasteiger partial charge in [-0.15, -0.1) is 11.3 Å². The zero-order valence-electron chi connectivity index (χ0n) is 21.8. The summed E-state index contributed by atoms with van der Waals surface area (Å²) < 4.78 is 11.0. The molecule has 0 amide bonds. The number of benzene rings is 3. The average molecular weight is 540 g/mol. The maximum atomic E-state index is 13.8. The molecule has 0 unspecified atom stereocenters. The fourth-order valence-corrected chi connectivity index (χ4v) is 5.84. The fraction of sp³-hybridized carbons (Fsp3) is 0.188. The Balaban J connectivity index is 1.40. The quantitative estimate of drug-likeness (QED) is 0.242. The Morgan fingerprint density at radius 3 is 2.15 bits per heavy atom. The monoisotopic (exact) mass is 539 g/mol. The number of anilines is 1. The van der Waals surface area contributed by atoms with Gasteiger partial charge in [0.15, 0.2) is 0 Å². The maximum Gasteiger partial charge on any atom is 0.335 e. The van der Waals surface area contributed by atoms with Crippen LogP contribution in [0.3, 0.4) is 0 Å². The SMILES string of the molecule is COc1cccc(OC)c1C(=O)c1sccc1-c1ccccc1C=C1CCN(c2ccc(C(=O)O)cc2)CC1. The highest BCUT2D eigenvalue weighted by atomic mass is 32.1. The van der Waals surface area contributed by atoms with Gasteiger partial charge in [0, 0.05) is 24.3 Å². The molecule has 1 aromatic heterocycles. The number of carbonyl (C=O) groups is 2. The van der Waals surface area contributed by atoms with Crippen molar-refractivity contribution in [1.82, 2.24) is 0 Å². The lowest BCUT2D eigenvalue weighted by Gasteiger charge is -2.30. The van der Waals surface area contributed by atoms with Crippen molar-refractivity contribution in [2.45, 2.75) is 12.8 Å². The third-order valence-electron chi connectivity index (χ3n) is 7.02. The first-order valence-corrected chi connectivity index (χ1v) is 13.6. The molecule has 1 saturated heterocycles. The number of hydrogen-bond acceptors (Lipinski definition) is 6. The van der Waals surface area contributed by atoms with Crippen molar-refractivity contribution in [1.29, 1.82) is 0 Å². The summed E-state index contributed by atoms with van der Waals surface area (Å²) >= 11 is 1.42. The topological polar surface area (TPSA) is 76.1 Å². The molecule has 1 N–H and O–H groups in total. The number of aromatic carboxylic acids is 1. The van der Waals surface area contributed by atoms with Crippen LogP contribution in [0.2, 0.25) is 0 Å². The highest BCUT2D eigenvalue weighted by Gasteiger charge is 2.24. The predicted molar refractivity (Wildman–Crippen MR) is 156 cm³/mol. The lowest BCUT2D eigenvalue weighted by atomic mass is 9.93. The molecule has 4 aromatic rings. The number of hydrogen-bond donors (Lipinski definition) is 1. The van der Waals surface area contributed by atoms with Crippen molar-refractivity contribution in [3.05, 3.63) is 105 Å². The fourth-order valence-electron chi connectivity index (χ4n) is 4.99. The molecular formula is C32H29NO5S. The number of nitrogens with zero attached hydrogens (tertiary/aromatic N) is 1. The number of carboxylic acids is 1. The van der Waals surface area contributed by atoms with Crippen molar-refractivity contribution < 1.29 is 24.2 Å².